The Balaban J connectivity index is 2.49. The number of ether oxygens (including phenoxy) is 1. The number of anilines is 1. The van der Waals surface area contributed by atoms with Gasteiger partial charge in [-0.2, -0.15) is 0 Å². The Labute approximate surface area is 87.7 Å². The van der Waals surface area contributed by atoms with Gasteiger partial charge < -0.3 is 10.5 Å². The summed E-state index contributed by atoms with van der Waals surface area (Å²) in [5.41, 5.74) is 7.31. The maximum absolute atomic E-state index is 5.73. The molecule has 15 heavy (non-hydrogen) atoms. The third-order valence-electron chi connectivity index (χ3n) is 2.07. The van der Waals surface area contributed by atoms with Gasteiger partial charge in [-0.05, 0) is 12.1 Å². The summed E-state index contributed by atoms with van der Waals surface area (Å²) < 4.78 is 5.13. The first-order chi connectivity index (χ1) is 7.31. The van der Waals surface area contributed by atoms with Gasteiger partial charge in [-0.15, -0.1) is 0 Å². The molecule has 0 saturated carbocycles. The predicted molar refractivity (Wildman–Crippen MR) is 58.4 cm³/mol. The Morgan fingerprint density at radius 1 is 1.20 bits per heavy atom. The lowest BCUT2D eigenvalue weighted by Gasteiger charge is -2.05. The lowest BCUT2D eigenvalue weighted by Crippen LogP contribution is -1.96. The van der Waals surface area contributed by atoms with Crippen molar-refractivity contribution in [1.82, 2.24) is 9.97 Å². The molecule has 2 N–H and O–H groups in total. The molecule has 1 aromatic carbocycles. The fourth-order valence-electron chi connectivity index (χ4n) is 1.34. The molecule has 4 nitrogen and oxygen atoms in total. The third-order valence-corrected chi connectivity index (χ3v) is 2.07. The smallest absolute Gasteiger partial charge is 0.149 e. The summed E-state index contributed by atoms with van der Waals surface area (Å²) in [6.07, 6.45) is 3.18. The van der Waals surface area contributed by atoms with Crippen LogP contribution in [0.1, 0.15) is 0 Å². The van der Waals surface area contributed by atoms with Crippen LogP contribution >= 0.6 is 0 Å². The molecule has 0 spiro atoms. The highest BCUT2D eigenvalue weighted by atomic mass is 16.5. The van der Waals surface area contributed by atoms with Crippen molar-refractivity contribution >= 4 is 5.82 Å². The van der Waals surface area contributed by atoms with Crippen molar-refractivity contribution < 1.29 is 4.74 Å². The molecule has 2 aromatic rings. The first kappa shape index (κ1) is 9.45. The molecular weight excluding hydrogens is 190 g/mol. The van der Waals surface area contributed by atoms with Crippen molar-refractivity contribution in [3.63, 3.8) is 0 Å². The Morgan fingerprint density at radius 3 is 2.73 bits per heavy atom. The number of aromatic nitrogens is 2. The molecule has 1 aromatic heterocycles. The molecule has 0 fully saturated rings. The highest BCUT2D eigenvalue weighted by molar-refractivity contribution is 5.70. The Morgan fingerprint density at radius 2 is 2.00 bits per heavy atom. The number of benzene rings is 1. The van der Waals surface area contributed by atoms with Crippen LogP contribution in [0.15, 0.2) is 36.7 Å². The molecule has 0 saturated heterocycles. The summed E-state index contributed by atoms with van der Waals surface area (Å²) in [7, 11) is 1.62. The minimum Gasteiger partial charge on any atom is -0.497 e. The average molecular weight is 201 g/mol. The van der Waals surface area contributed by atoms with E-state index in [4.69, 9.17) is 10.5 Å². The number of nitrogens with zero attached hydrogens (tertiary/aromatic N) is 2. The normalized spacial score (nSPS) is 9.93. The van der Waals surface area contributed by atoms with Gasteiger partial charge in [0.2, 0.25) is 0 Å². The maximum atomic E-state index is 5.73. The van der Waals surface area contributed by atoms with Gasteiger partial charge in [-0.3, -0.25) is 4.98 Å². The zero-order chi connectivity index (χ0) is 10.7. The summed E-state index contributed by atoms with van der Waals surface area (Å²) in [5, 5.41) is 0. The Hall–Kier alpha value is -2.10. The monoisotopic (exact) mass is 201 g/mol. The summed E-state index contributed by atoms with van der Waals surface area (Å²) in [6, 6.07) is 7.56. The molecule has 0 aliphatic heterocycles. The van der Waals surface area contributed by atoms with E-state index in [-0.39, 0.29) is 0 Å². The van der Waals surface area contributed by atoms with Gasteiger partial charge in [0, 0.05) is 18.0 Å². The number of nitrogens with two attached hydrogens (primary N) is 1. The highest BCUT2D eigenvalue weighted by Crippen LogP contribution is 2.24. The van der Waals surface area contributed by atoms with Crippen molar-refractivity contribution in [2.24, 2.45) is 0 Å². The van der Waals surface area contributed by atoms with Crippen LogP contribution < -0.4 is 10.5 Å². The van der Waals surface area contributed by atoms with Gasteiger partial charge in [0.25, 0.3) is 0 Å². The van der Waals surface area contributed by atoms with Crippen LogP contribution in [-0.2, 0) is 0 Å². The van der Waals surface area contributed by atoms with E-state index in [0.717, 1.165) is 11.3 Å². The Kier molecular flexibility index (Phi) is 2.49. The first-order valence-electron chi connectivity index (χ1n) is 4.52. The molecule has 2 rings (SSSR count). The number of nitrogen functional groups attached to an aromatic ring is 1. The van der Waals surface area contributed by atoms with E-state index in [9.17, 15) is 0 Å². The summed E-state index contributed by atoms with van der Waals surface area (Å²) in [5.74, 6) is 1.20. The van der Waals surface area contributed by atoms with E-state index >= 15 is 0 Å². The molecule has 0 unspecified atom stereocenters. The zero-order valence-corrected chi connectivity index (χ0v) is 8.34. The lowest BCUT2D eigenvalue weighted by molar-refractivity contribution is 0.415. The van der Waals surface area contributed by atoms with Crippen LogP contribution in [0.2, 0.25) is 0 Å². The van der Waals surface area contributed by atoms with Crippen LogP contribution in [-0.4, -0.2) is 17.1 Å². The van der Waals surface area contributed by atoms with Gasteiger partial charge in [0.05, 0.1) is 7.11 Å². The highest BCUT2D eigenvalue weighted by Gasteiger charge is 2.04. The topological polar surface area (TPSA) is 61.0 Å². The number of rotatable bonds is 2. The molecule has 0 amide bonds. The van der Waals surface area contributed by atoms with E-state index in [1.165, 1.54) is 0 Å². The second-order valence-electron chi connectivity index (χ2n) is 3.02. The molecule has 0 bridgehead atoms. The second kappa shape index (κ2) is 3.96. The van der Waals surface area contributed by atoms with Crippen LogP contribution in [0, 0.1) is 0 Å². The van der Waals surface area contributed by atoms with Gasteiger partial charge in [-0.1, -0.05) is 12.1 Å². The summed E-state index contributed by atoms with van der Waals surface area (Å²) in [4.78, 5) is 8.17. The minimum absolute atomic E-state index is 0.422. The standard InChI is InChI=1S/C11H11N3O/c1-15-9-4-2-3-8(7-9)10-11(12)14-6-5-13-10/h2-7H,1H3,(H2,12,14). The average Bonchev–Trinajstić information content (AvgIpc) is 2.30. The Bertz CT molecular complexity index is 471. The second-order valence-corrected chi connectivity index (χ2v) is 3.02. The molecule has 0 atom stereocenters. The number of methoxy groups -OCH3 is 1. The fourth-order valence-corrected chi connectivity index (χ4v) is 1.34. The first-order valence-corrected chi connectivity index (χ1v) is 4.52. The van der Waals surface area contributed by atoms with E-state index < -0.39 is 0 Å². The van der Waals surface area contributed by atoms with E-state index in [2.05, 4.69) is 9.97 Å². The van der Waals surface area contributed by atoms with Crippen LogP contribution in [0.5, 0.6) is 5.75 Å². The molecular formula is C11H11N3O. The maximum Gasteiger partial charge on any atom is 0.149 e. The van der Waals surface area contributed by atoms with Crippen molar-refractivity contribution in [2.45, 2.75) is 0 Å². The van der Waals surface area contributed by atoms with Crippen molar-refractivity contribution in [1.29, 1.82) is 0 Å². The van der Waals surface area contributed by atoms with Crippen LogP contribution in [0.3, 0.4) is 0 Å². The quantitative estimate of drug-likeness (QED) is 0.803. The van der Waals surface area contributed by atoms with E-state index in [1.54, 1.807) is 19.5 Å². The third kappa shape index (κ3) is 1.88. The molecule has 0 radical (unpaired) electrons. The van der Waals surface area contributed by atoms with E-state index in [1.807, 2.05) is 24.3 Å². The predicted octanol–water partition coefficient (Wildman–Crippen LogP) is 1.73. The van der Waals surface area contributed by atoms with Gasteiger partial charge in [-0.25, -0.2) is 4.98 Å². The number of hydrogen-bond donors (Lipinski definition) is 1. The SMILES string of the molecule is COc1cccc(-c2nccnc2N)c1. The lowest BCUT2D eigenvalue weighted by atomic mass is 10.1. The van der Waals surface area contributed by atoms with Crippen LogP contribution in [0.25, 0.3) is 11.3 Å². The largest absolute Gasteiger partial charge is 0.497 e. The molecule has 0 aliphatic carbocycles. The van der Waals surface area contributed by atoms with E-state index in [0.29, 0.717) is 11.5 Å². The van der Waals surface area contributed by atoms with Crippen LogP contribution in [0.4, 0.5) is 5.82 Å². The van der Waals surface area contributed by atoms with Crippen molar-refractivity contribution in [3.05, 3.63) is 36.7 Å². The molecule has 4 heteroatoms. The van der Waals surface area contributed by atoms with Gasteiger partial charge >= 0.3 is 0 Å². The fraction of sp³-hybridized carbons (Fsp3) is 0.0909. The number of hydrogen-bond acceptors (Lipinski definition) is 4. The van der Waals surface area contributed by atoms with Crippen molar-refractivity contribution in [3.8, 4) is 17.0 Å². The summed E-state index contributed by atoms with van der Waals surface area (Å²) in [6.45, 7) is 0. The summed E-state index contributed by atoms with van der Waals surface area (Å²) >= 11 is 0. The van der Waals surface area contributed by atoms with Crippen molar-refractivity contribution in [2.75, 3.05) is 12.8 Å². The molecule has 1 heterocycles. The van der Waals surface area contributed by atoms with Gasteiger partial charge in [0.15, 0.2) is 0 Å². The molecule has 76 valence electrons. The molecule has 0 aliphatic rings. The zero-order valence-electron chi connectivity index (χ0n) is 8.34. The van der Waals surface area contributed by atoms with Gasteiger partial charge in [0.1, 0.15) is 17.3 Å². The minimum atomic E-state index is 0.422.